The van der Waals surface area contributed by atoms with Gasteiger partial charge in [0.1, 0.15) is 0 Å². The molecule has 1 aromatic rings. The SMILES string of the molecule is O=C(O)CC1(NC(=O)CCCNC(=O)c2ccsc2)CCC1. The molecule has 1 aliphatic rings. The molecule has 120 valence electrons. The lowest BCUT2D eigenvalue weighted by molar-refractivity contribution is -0.140. The lowest BCUT2D eigenvalue weighted by atomic mass is 9.74. The van der Waals surface area contributed by atoms with Gasteiger partial charge in [0.05, 0.1) is 12.0 Å². The second kappa shape index (κ2) is 7.40. The van der Waals surface area contributed by atoms with Gasteiger partial charge in [0.15, 0.2) is 0 Å². The van der Waals surface area contributed by atoms with Gasteiger partial charge in [-0.2, -0.15) is 11.3 Å². The molecule has 0 radical (unpaired) electrons. The van der Waals surface area contributed by atoms with E-state index in [9.17, 15) is 14.4 Å². The van der Waals surface area contributed by atoms with Crippen molar-refractivity contribution < 1.29 is 19.5 Å². The van der Waals surface area contributed by atoms with Crippen LogP contribution in [0.3, 0.4) is 0 Å². The summed E-state index contributed by atoms with van der Waals surface area (Å²) in [6.45, 7) is 0.425. The van der Waals surface area contributed by atoms with Gasteiger partial charge in [-0.15, -0.1) is 0 Å². The highest BCUT2D eigenvalue weighted by molar-refractivity contribution is 7.08. The number of hydrogen-bond donors (Lipinski definition) is 3. The third-order valence-corrected chi connectivity index (χ3v) is 4.54. The molecule has 0 aromatic carbocycles. The molecule has 2 rings (SSSR count). The molecule has 0 saturated heterocycles. The highest BCUT2D eigenvalue weighted by atomic mass is 32.1. The Kier molecular flexibility index (Phi) is 5.54. The van der Waals surface area contributed by atoms with E-state index >= 15 is 0 Å². The van der Waals surface area contributed by atoms with Gasteiger partial charge < -0.3 is 15.7 Å². The molecule has 1 fully saturated rings. The lowest BCUT2D eigenvalue weighted by Gasteiger charge is -2.41. The zero-order chi connectivity index (χ0) is 16.0. The third-order valence-electron chi connectivity index (χ3n) is 3.85. The molecule has 2 amide bonds. The lowest BCUT2D eigenvalue weighted by Crippen LogP contribution is -2.54. The summed E-state index contributed by atoms with van der Waals surface area (Å²) in [7, 11) is 0. The Morgan fingerprint density at radius 3 is 2.64 bits per heavy atom. The van der Waals surface area contributed by atoms with Crippen molar-refractivity contribution in [3.8, 4) is 0 Å². The van der Waals surface area contributed by atoms with E-state index < -0.39 is 11.5 Å². The molecule has 0 spiro atoms. The number of carbonyl (C=O) groups excluding carboxylic acids is 2. The first-order valence-corrected chi connectivity index (χ1v) is 8.28. The molecule has 7 heteroatoms. The molecule has 22 heavy (non-hydrogen) atoms. The molecular weight excluding hydrogens is 304 g/mol. The van der Waals surface area contributed by atoms with E-state index in [1.807, 2.05) is 5.38 Å². The van der Waals surface area contributed by atoms with Gasteiger partial charge in [-0.25, -0.2) is 0 Å². The van der Waals surface area contributed by atoms with Gasteiger partial charge in [0.25, 0.3) is 5.91 Å². The highest BCUT2D eigenvalue weighted by Gasteiger charge is 2.40. The van der Waals surface area contributed by atoms with E-state index in [-0.39, 0.29) is 24.7 Å². The van der Waals surface area contributed by atoms with Gasteiger partial charge in [-0.1, -0.05) is 0 Å². The number of aliphatic carboxylic acids is 1. The predicted octanol–water partition coefficient (Wildman–Crippen LogP) is 1.77. The van der Waals surface area contributed by atoms with E-state index in [1.54, 1.807) is 11.4 Å². The molecule has 0 bridgehead atoms. The van der Waals surface area contributed by atoms with Crippen molar-refractivity contribution in [2.45, 2.75) is 44.1 Å². The van der Waals surface area contributed by atoms with Gasteiger partial charge in [0, 0.05) is 23.9 Å². The normalized spacial score (nSPS) is 15.6. The molecular formula is C15H20N2O4S. The van der Waals surface area contributed by atoms with Crippen molar-refractivity contribution in [2.24, 2.45) is 0 Å². The van der Waals surface area contributed by atoms with Crippen molar-refractivity contribution in [2.75, 3.05) is 6.54 Å². The Labute approximate surface area is 132 Å². The number of carboxylic acids is 1. The monoisotopic (exact) mass is 324 g/mol. The summed E-state index contributed by atoms with van der Waals surface area (Å²) in [5.41, 5.74) is 0.0763. The minimum atomic E-state index is -0.886. The van der Waals surface area contributed by atoms with Crippen LogP contribution < -0.4 is 10.6 Å². The van der Waals surface area contributed by atoms with Gasteiger partial charge in [0.2, 0.25) is 5.91 Å². The van der Waals surface area contributed by atoms with Crippen molar-refractivity contribution in [1.29, 1.82) is 0 Å². The fourth-order valence-corrected chi connectivity index (χ4v) is 3.18. The first-order valence-electron chi connectivity index (χ1n) is 7.34. The maximum absolute atomic E-state index is 11.9. The number of carbonyl (C=O) groups is 3. The van der Waals surface area contributed by atoms with Crippen LogP contribution in [0.5, 0.6) is 0 Å². The number of hydrogen-bond acceptors (Lipinski definition) is 4. The molecule has 3 N–H and O–H groups in total. The summed E-state index contributed by atoms with van der Waals surface area (Å²) < 4.78 is 0. The largest absolute Gasteiger partial charge is 0.481 e. The van der Waals surface area contributed by atoms with Crippen molar-refractivity contribution >= 4 is 29.1 Å². The van der Waals surface area contributed by atoms with Crippen LogP contribution in [-0.2, 0) is 9.59 Å². The summed E-state index contributed by atoms with van der Waals surface area (Å²) in [6.07, 6.45) is 3.19. The van der Waals surface area contributed by atoms with Gasteiger partial charge in [-0.3, -0.25) is 14.4 Å². The fraction of sp³-hybridized carbons (Fsp3) is 0.533. The Morgan fingerprint density at radius 2 is 2.09 bits per heavy atom. The molecule has 0 atom stereocenters. The second-order valence-electron chi connectivity index (χ2n) is 5.62. The van der Waals surface area contributed by atoms with Crippen LogP contribution in [0, 0.1) is 0 Å². The Bertz CT molecular complexity index is 538. The average molecular weight is 324 g/mol. The highest BCUT2D eigenvalue weighted by Crippen LogP contribution is 2.34. The van der Waals surface area contributed by atoms with Crippen LogP contribution in [0.25, 0.3) is 0 Å². The number of nitrogens with one attached hydrogen (secondary N) is 2. The van der Waals surface area contributed by atoms with Crippen molar-refractivity contribution in [3.63, 3.8) is 0 Å². The number of amides is 2. The summed E-state index contributed by atoms with van der Waals surface area (Å²) in [5.74, 6) is -1.17. The molecule has 1 saturated carbocycles. The van der Waals surface area contributed by atoms with Crippen LogP contribution >= 0.6 is 11.3 Å². The number of carboxylic acid groups (broad SMARTS) is 1. The summed E-state index contributed by atoms with van der Waals surface area (Å²) in [4.78, 5) is 34.4. The van der Waals surface area contributed by atoms with Crippen LogP contribution in [0.15, 0.2) is 16.8 Å². The van der Waals surface area contributed by atoms with Crippen LogP contribution in [0.1, 0.15) is 48.9 Å². The molecule has 1 heterocycles. The number of thiophene rings is 1. The smallest absolute Gasteiger partial charge is 0.305 e. The molecule has 0 unspecified atom stereocenters. The minimum Gasteiger partial charge on any atom is -0.481 e. The molecule has 1 aliphatic carbocycles. The van der Waals surface area contributed by atoms with Gasteiger partial charge in [-0.05, 0) is 37.1 Å². The predicted molar refractivity (Wildman–Crippen MR) is 82.9 cm³/mol. The minimum absolute atomic E-state index is 0.0202. The topological polar surface area (TPSA) is 95.5 Å². The first-order chi connectivity index (χ1) is 10.5. The first kappa shape index (κ1) is 16.5. The Hall–Kier alpha value is -1.89. The molecule has 1 aromatic heterocycles. The molecule has 0 aliphatic heterocycles. The summed E-state index contributed by atoms with van der Waals surface area (Å²) in [5, 5.41) is 18.1. The van der Waals surface area contributed by atoms with Crippen LogP contribution in [0.2, 0.25) is 0 Å². The quantitative estimate of drug-likeness (QED) is 0.635. The maximum Gasteiger partial charge on any atom is 0.305 e. The van der Waals surface area contributed by atoms with Crippen molar-refractivity contribution in [3.05, 3.63) is 22.4 Å². The zero-order valence-corrected chi connectivity index (χ0v) is 13.1. The maximum atomic E-state index is 11.9. The van der Waals surface area contributed by atoms with E-state index in [4.69, 9.17) is 5.11 Å². The Balaban J connectivity index is 1.65. The number of rotatable bonds is 8. The second-order valence-corrected chi connectivity index (χ2v) is 6.40. The van der Waals surface area contributed by atoms with Crippen LogP contribution in [-0.4, -0.2) is 35.0 Å². The van der Waals surface area contributed by atoms with Gasteiger partial charge >= 0.3 is 5.97 Å². The summed E-state index contributed by atoms with van der Waals surface area (Å²) in [6, 6.07) is 1.75. The van der Waals surface area contributed by atoms with Crippen LogP contribution in [0.4, 0.5) is 0 Å². The van der Waals surface area contributed by atoms with E-state index in [1.165, 1.54) is 11.3 Å². The van der Waals surface area contributed by atoms with E-state index in [0.29, 0.717) is 18.5 Å². The molecule has 6 nitrogen and oxygen atoms in total. The zero-order valence-electron chi connectivity index (χ0n) is 12.3. The van der Waals surface area contributed by atoms with E-state index in [2.05, 4.69) is 10.6 Å². The fourth-order valence-electron chi connectivity index (χ4n) is 2.54. The third kappa shape index (κ3) is 4.56. The average Bonchev–Trinajstić information content (AvgIpc) is 2.94. The van der Waals surface area contributed by atoms with E-state index in [0.717, 1.165) is 19.3 Å². The Morgan fingerprint density at radius 1 is 1.32 bits per heavy atom. The summed E-state index contributed by atoms with van der Waals surface area (Å²) >= 11 is 1.46. The van der Waals surface area contributed by atoms with Crippen molar-refractivity contribution in [1.82, 2.24) is 10.6 Å². The standard InChI is InChI=1S/C15H20N2O4S/c18-12(17-15(5-2-6-15)9-13(19)20)3-1-7-16-14(21)11-4-8-22-10-11/h4,8,10H,1-3,5-7,9H2,(H,16,21)(H,17,18)(H,19,20).